The van der Waals surface area contributed by atoms with Crippen molar-refractivity contribution in [2.24, 2.45) is 0 Å². The molecule has 1 aromatic carbocycles. The van der Waals surface area contributed by atoms with E-state index in [-0.39, 0.29) is 11.9 Å². The van der Waals surface area contributed by atoms with Crippen LogP contribution in [-0.4, -0.2) is 30.9 Å². The molecule has 2 atom stereocenters. The van der Waals surface area contributed by atoms with Crippen molar-refractivity contribution >= 4 is 34.8 Å². The highest BCUT2D eigenvalue weighted by molar-refractivity contribution is 6.30. The van der Waals surface area contributed by atoms with Crippen LogP contribution in [-0.2, 0) is 4.79 Å². The van der Waals surface area contributed by atoms with Gasteiger partial charge >= 0.3 is 0 Å². The van der Waals surface area contributed by atoms with E-state index in [0.717, 1.165) is 24.9 Å². The van der Waals surface area contributed by atoms with Gasteiger partial charge in [-0.2, -0.15) is 0 Å². The Bertz CT molecular complexity index is 478. The van der Waals surface area contributed by atoms with E-state index in [0.29, 0.717) is 23.4 Å². The number of benzene rings is 1. The quantitative estimate of drug-likeness (QED) is 0.641. The molecule has 1 N–H and O–H groups in total. The maximum absolute atomic E-state index is 12.7. The number of likely N-dealkylation sites (N-methyl/N-ethyl adjacent to an activating group) is 1. The molecule has 0 radical (unpaired) electrons. The predicted molar refractivity (Wildman–Crippen MR) is 94.0 cm³/mol. The van der Waals surface area contributed by atoms with E-state index in [2.05, 4.69) is 5.32 Å². The first-order chi connectivity index (χ1) is 10.7. The summed E-state index contributed by atoms with van der Waals surface area (Å²) in [5.41, 5.74) is 0.909. The van der Waals surface area contributed by atoms with Crippen molar-refractivity contribution in [3.63, 3.8) is 0 Å². The zero-order valence-electron chi connectivity index (χ0n) is 13.0. The van der Waals surface area contributed by atoms with Gasteiger partial charge in [-0.05, 0) is 44.2 Å². The molecule has 1 amide bonds. The third-order valence-electron chi connectivity index (χ3n) is 4.36. The fourth-order valence-electron chi connectivity index (χ4n) is 3.26. The topological polar surface area (TPSA) is 32.3 Å². The lowest BCUT2D eigenvalue weighted by Crippen LogP contribution is -2.51. The van der Waals surface area contributed by atoms with Crippen LogP contribution in [0.25, 0.3) is 0 Å². The standard InChI is InChI=1S/C17H24Cl2N2O/c1-20-15-5-3-2-4-6-16(15)21(17(22)11-12-18)14-9-7-13(19)8-10-14/h7-10,15-16,20H,2-6,11-12H2,1H3. The molecule has 0 aromatic heterocycles. The minimum atomic E-state index is 0.0875. The molecule has 0 heterocycles. The van der Waals surface area contributed by atoms with E-state index in [9.17, 15) is 4.79 Å². The van der Waals surface area contributed by atoms with Gasteiger partial charge in [-0.3, -0.25) is 4.79 Å². The van der Waals surface area contributed by atoms with Gasteiger partial charge in [0.2, 0.25) is 5.91 Å². The van der Waals surface area contributed by atoms with Gasteiger partial charge in [0.05, 0.1) is 6.04 Å². The summed E-state index contributed by atoms with van der Waals surface area (Å²) in [5, 5.41) is 4.08. The first kappa shape index (κ1) is 17.6. The van der Waals surface area contributed by atoms with E-state index in [1.54, 1.807) is 0 Å². The van der Waals surface area contributed by atoms with E-state index < -0.39 is 0 Å². The highest BCUT2D eigenvalue weighted by atomic mass is 35.5. The fourth-order valence-corrected chi connectivity index (χ4v) is 3.54. The number of anilines is 1. The summed E-state index contributed by atoms with van der Waals surface area (Å²) in [7, 11) is 1.98. The Labute approximate surface area is 143 Å². The zero-order valence-corrected chi connectivity index (χ0v) is 14.5. The largest absolute Gasteiger partial charge is 0.315 e. The molecular formula is C17H24Cl2N2O. The Kier molecular flexibility index (Phi) is 7.00. The Morgan fingerprint density at radius 2 is 1.91 bits per heavy atom. The zero-order chi connectivity index (χ0) is 15.9. The van der Waals surface area contributed by atoms with Gasteiger partial charge in [0, 0.05) is 29.1 Å². The number of carbonyl (C=O) groups is 1. The fraction of sp³-hybridized carbons (Fsp3) is 0.588. The molecular weight excluding hydrogens is 319 g/mol. The maximum atomic E-state index is 12.7. The number of halogens is 2. The number of rotatable bonds is 5. The molecule has 0 spiro atoms. The molecule has 0 bridgehead atoms. The van der Waals surface area contributed by atoms with Crippen LogP contribution < -0.4 is 10.2 Å². The van der Waals surface area contributed by atoms with Crippen molar-refractivity contribution in [1.82, 2.24) is 5.32 Å². The van der Waals surface area contributed by atoms with Crippen LogP contribution in [0.4, 0.5) is 5.69 Å². The van der Waals surface area contributed by atoms with Crippen LogP contribution in [0.2, 0.25) is 5.02 Å². The number of carbonyl (C=O) groups excluding carboxylic acids is 1. The molecule has 5 heteroatoms. The first-order valence-electron chi connectivity index (χ1n) is 7.98. The van der Waals surface area contributed by atoms with E-state index >= 15 is 0 Å². The Morgan fingerprint density at radius 1 is 1.23 bits per heavy atom. The molecule has 2 unspecified atom stereocenters. The molecule has 122 valence electrons. The lowest BCUT2D eigenvalue weighted by atomic mass is 10.00. The summed E-state index contributed by atoms with van der Waals surface area (Å²) in [6, 6.07) is 8.01. The summed E-state index contributed by atoms with van der Waals surface area (Å²) in [6.07, 6.45) is 6.06. The Morgan fingerprint density at radius 3 is 2.55 bits per heavy atom. The Balaban J connectivity index is 2.33. The number of hydrogen-bond donors (Lipinski definition) is 1. The monoisotopic (exact) mass is 342 g/mol. The molecule has 0 saturated heterocycles. The average molecular weight is 343 g/mol. The van der Waals surface area contributed by atoms with Crippen LogP contribution in [0.5, 0.6) is 0 Å². The molecule has 3 nitrogen and oxygen atoms in total. The minimum absolute atomic E-state index is 0.0875. The van der Waals surface area contributed by atoms with Gasteiger partial charge in [0.25, 0.3) is 0 Å². The van der Waals surface area contributed by atoms with Gasteiger partial charge in [-0.15, -0.1) is 11.6 Å². The van der Waals surface area contributed by atoms with Crippen LogP contribution >= 0.6 is 23.2 Å². The normalized spacial score (nSPS) is 22.1. The van der Waals surface area contributed by atoms with Crippen molar-refractivity contribution in [2.45, 2.75) is 50.6 Å². The summed E-state index contributed by atoms with van der Waals surface area (Å²) >= 11 is 11.8. The second-order valence-electron chi connectivity index (χ2n) is 5.78. The summed E-state index contributed by atoms with van der Waals surface area (Å²) in [6.45, 7) is 0. The second-order valence-corrected chi connectivity index (χ2v) is 6.59. The molecule has 1 fully saturated rings. The number of nitrogens with zero attached hydrogens (tertiary/aromatic N) is 1. The summed E-state index contributed by atoms with van der Waals surface area (Å²) in [4.78, 5) is 14.6. The van der Waals surface area contributed by atoms with Crippen LogP contribution in [0, 0.1) is 0 Å². The number of nitrogens with one attached hydrogen (secondary N) is 1. The van der Waals surface area contributed by atoms with Crippen molar-refractivity contribution < 1.29 is 4.79 Å². The van der Waals surface area contributed by atoms with Crippen molar-refractivity contribution in [2.75, 3.05) is 17.8 Å². The Hall–Kier alpha value is -0.770. The van der Waals surface area contributed by atoms with E-state index in [4.69, 9.17) is 23.2 Å². The molecule has 1 aliphatic carbocycles. The minimum Gasteiger partial charge on any atom is -0.315 e. The third-order valence-corrected chi connectivity index (χ3v) is 4.80. The van der Waals surface area contributed by atoms with Gasteiger partial charge < -0.3 is 10.2 Å². The van der Waals surface area contributed by atoms with Gasteiger partial charge in [0.1, 0.15) is 0 Å². The molecule has 1 aliphatic rings. The van der Waals surface area contributed by atoms with Crippen molar-refractivity contribution in [3.8, 4) is 0 Å². The maximum Gasteiger partial charge on any atom is 0.228 e. The van der Waals surface area contributed by atoms with Gasteiger partial charge in [0.15, 0.2) is 0 Å². The highest BCUT2D eigenvalue weighted by Crippen LogP contribution is 2.28. The van der Waals surface area contributed by atoms with E-state index in [1.807, 2.05) is 36.2 Å². The second kappa shape index (κ2) is 8.76. The molecule has 1 saturated carbocycles. The first-order valence-corrected chi connectivity index (χ1v) is 8.89. The number of hydrogen-bond acceptors (Lipinski definition) is 2. The average Bonchev–Trinajstić information content (AvgIpc) is 2.75. The number of alkyl halides is 1. The summed E-state index contributed by atoms with van der Waals surface area (Å²) in [5.74, 6) is 0.435. The molecule has 2 rings (SSSR count). The van der Waals surface area contributed by atoms with Crippen LogP contribution in [0.15, 0.2) is 24.3 Å². The highest BCUT2D eigenvalue weighted by Gasteiger charge is 2.31. The SMILES string of the molecule is CNC1CCCCCC1N(C(=O)CCCl)c1ccc(Cl)cc1. The predicted octanol–water partition coefficient (Wildman–Crippen LogP) is 4.22. The summed E-state index contributed by atoms with van der Waals surface area (Å²) < 4.78 is 0. The third kappa shape index (κ3) is 4.37. The van der Waals surface area contributed by atoms with Gasteiger partial charge in [-0.25, -0.2) is 0 Å². The van der Waals surface area contributed by atoms with E-state index in [1.165, 1.54) is 12.8 Å². The van der Waals surface area contributed by atoms with Crippen LogP contribution in [0.3, 0.4) is 0 Å². The van der Waals surface area contributed by atoms with Crippen LogP contribution in [0.1, 0.15) is 38.5 Å². The number of amides is 1. The van der Waals surface area contributed by atoms with Crippen molar-refractivity contribution in [1.29, 1.82) is 0 Å². The smallest absolute Gasteiger partial charge is 0.228 e. The van der Waals surface area contributed by atoms with Crippen molar-refractivity contribution in [3.05, 3.63) is 29.3 Å². The lowest BCUT2D eigenvalue weighted by Gasteiger charge is -2.36. The lowest BCUT2D eigenvalue weighted by molar-refractivity contribution is -0.118. The molecule has 0 aliphatic heterocycles. The molecule has 1 aromatic rings. The van der Waals surface area contributed by atoms with Gasteiger partial charge in [-0.1, -0.05) is 30.9 Å². The molecule has 22 heavy (non-hydrogen) atoms.